The Morgan fingerprint density at radius 3 is 2.62 bits per heavy atom. The van der Waals surface area contributed by atoms with E-state index < -0.39 is 0 Å². The third-order valence-corrected chi connectivity index (χ3v) is 3.00. The van der Waals surface area contributed by atoms with Crippen LogP contribution in [0.1, 0.15) is 5.56 Å². The fraction of sp³-hybridized carbons (Fsp3) is 0.133. The molecule has 0 heterocycles. The SMILES string of the molecule is Nc1ccc(Cl)cc1NC(=O)COc1ccc(CO)cc1. The number of amides is 1. The van der Waals surface area contributed by atoms with Crippen molar-refractivity contribution in [3.05, 3.63) is 53.1 Å². The van der Waals surface area contributed by atoms with E-state index in [-0.39, 0.29) is 19.1 Å². The first-order valence-electron chi connectivity index (χ1n) is 6.26. The number of hydrogen-bond acceptors (Lipinski definition) is 4. The molecule has 0 unspecified atom stereocenters. The lowest BCUT2D eigenvalue weighted by atomic mass is 10.2. The predicted octanol–water partition coefficient (Wildman–Crippen LogP) is 2.43. The second-order valence-electron chi connectivity index (χ2n) is 4.37. The number of ether oxygens (including phenoxy) is 1. The maximum Gasteiger partial charge on any atom is 0.262 e. The van der Waals surface area contributed by atoms with E-state index in [1.807, 2.05) is 0 Å². The number of hydrogen-bond donors (Lipinski definition) is 3. The van der Waals surface area contributed by atoms with Crippen LogP contribution >= 0.6 is 11.6 Å². The lowest BCUT2D eigenvalue weighted by Crippen LogP contribution is -2.20. The van der Waals surface area contributed by atoms with Gasteiger partial charge >= 0.3 is 0 Å². The number of carbonyl (C=O) groups is 1. The van der Waals surface area contributed by atoms with Crippen LogP contribution in [0.15, 0.2) is 42.5 Å². The van der Waals surface area contributed by atoms with Gasteiger partial charge in [0.05, 0.1) is 18.0 Å². The van der Waals surface area contributed by atoms with Crippen molar-refractivity contribution < 1.29 is 14.6 Å². The molecule has 0 saturated heterocycles. The minimum atomic E-state index is -0.338. The molecule has 21 heavy (non-hydrogen) atoms. The number of rotatable bonds is 5. The van der Waals surface area contributed by atoms with E-state index in [1.54, 1.807) is 42.5 Å². The Kier molecular flexibility index (Phi) is 5.03. The van der Waals surface area contributed by atoms with Gasteiger partial charge in [0, 0.05) is 5.02 Å². The summed E-state index contributed by atoms with van der Waals surface area (Å²) >= 11 is 5.84. The molecule has 4 N–H and O–H groups in total. The van der Waals surface area contributed by atoms with E-state index in [0.717, 1.165) is 5.56 Å². The monoisotopic (exact) mass is 306 g/mol. The van der Waals surface area contributed by atoms with Gasteiger partial charge in [-0.05, 0) is 35.9 Å². The van der Waals surface area contributed by atoms with Crippen LogP contribution in [0, 0.1) is 0 Å². The van der Waals surface area contributed by atoms with Crippen molar-refractivity contribution in [1.82, 2.24) is 0 Å². The Hall–Kier alpha value is -2.24. The third-order valence-electron chi connectivity index (χ3n) is 2.77. The van der Waals surface area contributed by atoms with Crippen LogP contribution in [0.5, 0.6) is 5.75 Å². The van der Waals surface area contributed by atoms with Gasteiger partial charge in [-0.2, -0.15) is 0 Å². The normalized spacial score (nSPS) is 10.2. The number of nitrogens with two attached hydrogens (primary N) is 1. The molecule has 0 atom stereocenters. The van der Waals surface area contributed by atoms with Gasteiger partial charge in [0.1, 0.15) is 5.75 Å². The molecular weight excluding hydrogens is 292 g/mol. The summed E-state index contributed by atoms with van der Waals surface area (Å²) in [5, 5.41) is 12.0. The molecule has 5 nitrogen and oxygen atoms in total. The zero-order valence-corrected chi connectivity index (χ0v) is 11.9. The lowest BCUT2D eigenvalue weighted by Gasteiger charge is -2.10. The first-order chi connectivity index (χ1) is 10.1. The summed E-state index contributed by atoms with van der Waals surface area (Å²) in [5.41, 5.74) is 7.40. The van der Waals surface area contributed by atoms with E-state index in [0.29, 0.717) is 22.1 Å². The topological polar surface area (TPSA) is 84.6 Å². The molecule has 0 aromatic heterocycles. The van der Waals surface area contributed by atoms with Crippen LogP contribution in [-0.2, 0) is 11.4 Å². The molecule has 2 aromatic carbocycles. The Morgan fingerprint density at radius 1 is 1.24 bits per heavy atom. The summed E-state index contributed by atoms with van der Waals surface area (Å²) in [4.78, 5) is 11.8. The predicted molar refractivity (Wildman–Crippen MR) is 82.4 cm³/mol. The van der Waals surface area contributed by atoms with Gasteiger partial charge in [-0.1, -0.05) is 23.7 Å². The minimum absolute atomic E-state index is 0.0329. The van der Waals surface area contributed by atoms with Crippen molar-refractivity contribution in [3.8, 4) is 5.75 Å². The Labute approximate surface area is 127 Å². The number of anilines is 2. The van der Waals surface area contributed by atoms with Crippen molar-refractivity contribution in [2.75, 3.05) is 17.7 Å². The van der Waals surface area contributed by atoms with E-state index in [1.165, 1.54) is 0 Å². The number of aliphatic hydroxyl groups excluding tert-OH is 1. The number of benzene rings is 2. The summed E-state index contributed by atoms with van der Waals surface area (Å²) in [6.07, 6.45) is 0. The average molecular weight is 307 g/mol. The van der Waals surface area contributed by atoms with Crippen LogP contribution in [0.3, 0.4) is 0 Å². The van der Waals surface area contributed by atoms with Gasteiger partial charge < -0.3 is 20.9 Å². The van der Waals surface area contributed by atoms with E-state index in [4.69, 9.17) is 27.2 Å². The summed E-state index contributed by atoms with van der Waals surface area (Å²) in [6, 6.07) is 11.7. The molecule has 0 spiro atoms. The summed E-state index contributed by atoms with van der Waals surface area (Å²) in [5.74, 6) is 0.205. The fourth-order valence-electron chi connectivity index (χ4n) is 1.66. The number of carbonyl (C=O) groups excluding carboxylic acids is 1. The molecular formula is C15H15ClN2O3. The van der Waals surface area contributed by atoms with Gasteiger partial charge in [0.25, 0.3) is 5.91 Å². The zero-order valence-electron chi connectivity index (χ0n) is 11.2. The summed E-state index contributed by atoms with van der Waals surface area (Å²) in [7, 11) is 0. The molecule has 110 valence electrons. The first-order valence-corrected chi connectivity index (χ1v) is 6.64. The van der Waals surface area contributed by atoms with Gasteiger partial charge in [-0.3, -0.25) is 4.79 Å². The Bertz CT molecular complexity index is 629. The maximum absolute atomic E-state index is 11.8. The Morgan fingerprint density at radius 2 is 1.95 bits per heavy atom. The number of aliphatic hydroxyl groups is 1. The van der Waals surface area contributed by atoms with Crippen molar-refractivity contribution in [2.24, 2.45) is 0 Å². The molecule has 0 radical (unpaired) electrons. The highest BCUT2D eigenvalue weighted by molar-refractivity contribution is 6.31. The first kappa shape index (κ1) is 15.2. The van der Waals surface area contributed by atoms with Crippen molar-refractivity contribution in [3.63, 3.8) is 0 Å². The molecule has 0 aliphatic carbocycles. The van der Waals surface area contributed by atoms with Gasteiger partial charge in [0.15, 0.2) is 6.61 Å². The van der Waals surface area contributed by atoms with Crippen LogP contribution in [-0.4, -0.2) is 17.6 Å². The van der Waals surface area contributed by atoms with Gasteiger partial charge in [-0.25, -0.2) is 0 Å². The van der Waals surface area contributed by atoms with Crippen LogP contribution in [0.4, 0.5) is 11.4 Å². The summed E-state index contributed by atoms with van der Waals surface area (Å²) in [6.45, 7) is -0.181. The molecule has 2 rings (SSSR count). The van der Waals surface area contributed by atoms with Crippen molar-refractivity contribution >= 4 is 28.9 Å². The molecule has 0 aliphatic rings. The molecule has 0 saturated carbocycles. The maximum atomic E-state index is 11.8. The highest BCUT2D eigenvalue weighted by Crippen LogP contribution is 2.22. The molecule has 0 aliphatic heterocycles. The fourth-order valence-corrected chi connectivity index (χ4v) is 1.84. The quantitative estimate of drug-likeness (QED) is 0.741. The van der Waals surface area contributed by atoms with Crippen LogP contribution in [0.25, 0.3) is 0 Å². The van der Waals surface area contributed by atoms with Crippen LogP contribution < -0.4 is 15.8 Å². The highest BCUT2D eigenvalue weighted by Gasteiger charge is 2.07. The smallest absolute Gasteiger partial charge is 0.262 e. The Balaban J connectivity index is 1.91. The van der Waals surface area contributed by atoms with E-state index in [9.17, 15) is 4.79 Å². The molecule has 6 heteroatoms. The standard InChI is InChI=1S/C15H15ClN2O3/c16-11-3-6-13(17)14(7-11)18-15(20)9-21-12-4-1-10(8-19)2-5-12/h1-7,19H,8-9,17H2,(H,18,20). The number of nitrogen functional groups attached to an aromatic ring is 1. The second-order valence-corrected chi connectivity index (χ2v) is 4.81. The van der Waals surface area contributed by atoms with Crippen molar-refractivity contribution in [1.29, 1.82) is 0 Å². The second kappa shape index (κ2) is 6.97. The molecule has 0 fully saturated rings. The van der Waals surface area contributed by atoms with Crippen molar-refractivity contribution in [2.45, 2.75) is 6.61 Å². The van der Waals surface area contributed by atoms with Crippen LogP contribution in [0.2, 0.25) is 5.02 Å². The van der Waals surface area contributed by atoms with Gasteiger partial charge in [-0.15, -0.1) is 0 Å². The lowest BCUT2D eigenvalue weighted by molar-refractivity contribution is -0.118. The third kappa shape index (κ3) is 4.37. The number of nitrogens with one attached hydrogen (secondary N) is 1. The zero-order chi connectivity index (χ0) is 15.2. The molecule has 2 aromatic rings. The molecule has 0 bridgehead atoms. The molecule has 1 amide bonds. The average Bonchev–Trinajstić information content (AvgIpc) is 2.49. The van der Waals surface area contributed by atoms with E-state index >= 15 is 0 Å². The highest BCUT2D eigenvalue weighted by atomic mass is 35.5. The largest absolute Gasteiger partial charge is 0.484 e. The summed E-state index contributed by atoms with van der Waals surface area (Å²) < 4.78 is 5.34. The van der Waals surface area contributed by atoms with E-state index in [2.05, 4.69) is 5.32 Å². The minimum Gasteiger partial charge on any atom is -0.484 e. The number of halogens is 1. The van der Waals surface area contributed by atoms with Gasteiger partial charge in [0.2, 0.25) is 0 Å².